The summed E-state index contributed by atoms with van der Waals surface area (Å²) in [5.41, 5.74) is 0.258. The highest BCUT2D eigenvalue weighted by molar-refractivity contribution is 7.92. The maximum Gasteiger partial charge on any atom is 0.243 e. The van der Waals surface area contributed by atoms with Crippen molar-refractivity contribution in [1.29, 1.82) is 0 Å². The average molecular weight is 409 g/mol. The van der Waals surface area contributed by atoms with Gasteiger partial charge in [0.2, 0.25) is 15.9 Å². The first-order valence-corrected chi connectivity index (χ1v) is 10.7. The number of anilines is 1. The molecule has 0 aromatic heterocycles. The Bertz CT molecular complexity index is 692. The maximum absolute atomic E-state index is 12.7. The summed E-state index contributed by atoms with van der Waals surface area (Å²) in [6, 6.07) is 3.45. The molecular weight excluding hydrogens is 383 g/mol. The van der Waals surface area contributed by atoms with Crippen molar-refractivity contribution < 1.29 is 13.2 Å². The van der Waals surface area contributed by atoms with E-state index in [0.29, 0.717) is 10.0 Å². The van der Waals surface area contributed by atoms with E-state index in [4.69, 9.17) is 23.2 Å². The summed E-state index contributed by atoms with van der Waals surface area (Å²) >= 11 is 12.0. The predicted octanol–water partition coefficient (Wildman–Crippen LogP) is 3.94. The Labute approximate surface area is 160 Å². The Morgan fingerprint density at radius 1 is 1.00 bits per heavy atom. The van der Waals surface area contributed by atoms with Crippen LogP contribution in [0.25, 0.3) is 0 Å². The first-order valence-electron chi connectivity index (χ1n) is 8.10. The lowest BCUT2D eigenvalue weighted by atomic mass is 9.93. The number of halogens is 2. The van der Waals surface area contributed by atoms with Crippen molar-refractivity contribution in [1.82, 2.24) is 5.32 Å². The highest BCUT2D eigenvalue weighted by Crippen LogP contribution is 2.28. The molecule has 0 aliphatic heterocycles. The van der Waals surface area contributed by atoms with Crippen LogP contribution >= 0.6 is 23.2 Å². The number of hydrogen-bond acceptors (Lipinski definition) is 3. The van der Waals surface area contributed by atoms with Crippen molar-refractivity contribution in [3.63, 3.8) is 0 Å². The van der Waals surface area contributed by atoms with E-state index in [1.165, 1.54) is 18.2 Å². The zero-order chi connectivity index (χ0) is 19.5. The molecule has 0 aliphatic rings. The lowest BCUT2D eigenvalue weighted by molar-refractivity contribution is -0.123. The van der Waals surface area contributed by atoms with Crippen LogP contribution in [0.2, 0.25) is 10.0 Å². The highest BCUT2D eigenvalue weighted by atomic mass is 35.5. The van der Waals surface area contributed by atoms with E-state index in [9.17, 15) is 13.2 Å². The quantitative estimate of drug-likeness (QED) is 0.742. The van der Waals surface area contributed by atoms with Crippen LogP contribution in [0.4, 0.5) is 5.69 Å². The van der Waals surface area contributed by atoms with Crippen molar-refractivity contribution in [2.24, 2.45) is 11.8 Å². The topological polar surface area (TPSA) is 66.5 Å². The van der Waals surface area contributed by atoms with Crippen LogP contribution in [-0.2, 0) is 14.8 Å². The van der Waals surface area contributed by atoms with Gasteiger partial charge in [0.1, 0.15) is 6.04 Å². The van der Waals surface area contributed by atoms with Gasteiger partial charge in [-0.2, -0.15) is 0 Å². The fourth-order valence-electron chi connectivity index (χ4n) is 2.86. The van der Waals surface area contributed by atoms with E-state index < -0.39 is 16.1 Å². The third-order valence-electron chi connectivity index (χ3n) is 3.94. The van der Waals surface area contributed by atoms with Gasteiger partial charge in [-0.1, -0.05) is 50.9 Å². The second-order valence-electron chi connectivity index (χ2n) is 6.88. The molecule has 5 nitrogen and oxygen atoms in total. The molecule has 0 saturated carbocycles. The number of carbonyl (C=O) groups excluding carboxylic acids is 1. The summed E-state index contributed by atoms with van der Waals surface area (Å²) in [5, 5.41) is 3.55. The van der Waals surface area contributed by atoms with Gasteiger partial charge in [-0.05, 0) is 37.0 Å². The van der Waals surface area contributed by atoms with E-state index in [-0.39, 0.29) is 29.5 Å². The summed E-state index contributed by atoms with van der Waals surface area (Å²) in [5.74, 6) is 0.0841. The van der Waals surface area contributed by atoms with Gasteiger partial charge in [-0.15, -0.1) is 0 Å². The Kier molecular flexibility index (Phi) is 7.59. The molecule has 1 aromatic rings. The number of nitrogens with zero attached hydrogens (tertiary/aromatic N) is 1. The van der Waals surface area contributed by atoms with Crippen molar-refractivity contribution in [2.75, 3.05) is 10.6 Å². The molecular formula is C17H26Cl2N2O3S. The smallest absolute Gasteiger partial charge is 0.243 e. The molecule has 0 aliphatic carbocycles. The third-order valence-corrected chi connectivity index (χ3v) is 5.61. The Balaban J connectivity index is 3.22. The largest absolute Gasteiger partial charge is 0.351 e. The summed E-state index contributed by atoms with van der Waals surface area (Å²) < 4.78 is 25.7. The number of hydrogen-bond donors (Lipinski definition) is 1. The molecule has 142 valence electrons. The molecule has 1 rings (SSSR count). The normalized spacial score (nSPS) is 13.4. The van der Waals surface area contributed by atoms with Gasteiger partial charge in [0.25, 0.3) is 0 Å². The van der Waals surface area contributed by atoms with Crippen LogP contribution in [0.15, 0.2) is 18.2 Å². The molecule has 1 atom stereocenters. The molecule has 8 heteroatoms. The SMILES string of the molecule is CC(C)C(NC(=O)[C@H](C)N(c1cc(Cl)cc(Cl)c1)S(C)(=O)=O)C(C)C. The van der Waals surface area contributed by atoms with Crippen molar-refractivity contribution >= 4 is 44.8 Å². The first-order chi connectivity index (χ1) is 11.3. The van der Waals surface area contributed by atoms with Gasteiger partial charge in [0.05, 0.1) is 11.9 Å². The minimum Gasteiger partial charge on any atom is -0.351 e. The molecule has 0 heterocycles. The third kappa shape index (κ3) is 6.04. The summed E-state index contributed by atoms with van der Waals surface area (Å²) in [4.78, 5) is 12.7. The molecule has 0 bridgehead atoms. The van der Waals surface area contributed by atoms with Crippen molar-refractivity contribution in [3.8, 4) is 0 Å². The Hall–Kier alpha value is -0.980. The predicted molar refractivity (Wildman–Crippen MR) is 105 cm³/mol. The van der Waals surface area contributed by atoms with Crippen LogP contribution in [0, 0.1) is 11.8 Å². The average Bonchev–Trinajstić information content (AvgIpc) is 2.40. The molecule has 1 N–H and O–H groups in total. The summed E-state index contributed by atoms with van der Waals surface area (Å²) in [7, 11) is -3.72. The number of rotatable bonds is 7. The minimum atomic E-state index is -3.72. The van der Waals surface area contributed by atoms with Gasteiger partial charge in [0.15, 0.2) is 0 Å². The number of amides is 1. The van der Waals surface area contributed by atoms with Gasteiger partial charge in [-0.25, -0.2) is 8.42 Å². The maximum atomic E-state index is 12.7. The first kappa shape index (κ1) is 22.1. The second-order valence-corrected chi connectivity index (χ2v) is 9.62. The lowest BCUT2D eigenvalue weighted by Gasteiger charge is -2.32. The second kappa shape index (κ2) is 8.60. The summed E-state index contributed by atoms with van der Waals surface area (Å²) in [6.07, 6.45) is 1.05. The fourth-order valence-corrected chi connectivity index (χ4v) is 4.54. The Morgan fingerprint density at radius 2 is 1.44 bits per heavy atom. The van der Waals surface area contributed by atoms with Crippen molar-refractivity contribution in [2.45, 2.75) is 46.7 Å². The van der Waals surface area contributed by atoms with Crippen LogP contribution in [0.5, 0.6) is 0 Å². The Morgan fingerprint density at radius 3 is 1.80 bits per heavy atom. The lowest BCUT2D eigenvalue weighted by Crippen LogP contribution is -2.52. The standard InChI is InChI=1S/C17H26Cl2N2O3S/c1-10(2)16(11(3)4)20-17(22)12(5)21(25(6,23)24)15-8-13(18)7-14(19)9-15/h7-12,16H,1-6H3,(H,20,22)/t12-/m0/s1. The van der Waals surface area contributed by atoms with E-state index in [1.54, 1.807) is 6.92 Å². The molecule has 1 aromatic carbocycles. The molecule has 0 saturated heterocycles. The number of benzene rings is 1. The van der Waals surface area contributed by atoms with E-state index in [1.807, 2.05) is 27.7 Å². The van der Waals surface area contributed by atoms with E-state index >= 15 is 0 Å². The van der Waals surface area contributed by atoms with E-state index in [0.717, 1.165) is 10.6 Å². The molecule has 1 amide bonds. The minimum absolute atomic E-state index is 0.0562. The van der Waals surface area contributed by atoms with Crippen LogP contribution in [0.3, 0.4) is 0 Å². The molecule has 0 unspecified atom stereocenters. The molecule has 25 heavy (non-hydrogen) atoms. The van der Waals surface area contributed by atoms with Crippen LogP contribution < -0.4 is 9.62 Å². The number of sulfonamides is 1. The van der Waals surface area contributed by atoms with E-state index in [2.05, 4.69) is 5.32 Å². The number of carbonyl (C=O) groups is 1. The van der Waals surface area contributed by atoms with Crippen molar-refractivity contribution in [3.05, 3.63) is 28.2 Å². The monoisotopic (exact) mass is 408 g/mol. The number of nitrogens with one attached hydrogen (secondary N) is 1. The van der Waals surface area contributed by atoms with Crippen LogP contribution in [-0.4, -0.2) is 32.7 Å². The summed E-state index contributed by atoms with van der Waals surface area (Å²) in [6.45, 7) is 9.60. The van der Waals surface area contributed by atoms with Crippen LogP contribution in [0.1, 0.15) is 34.6 Å². The van der Waals surface area contributed by atoms with Gasteiger partial charge in [0, 0.05) is 16.1 Å². The van der Waals surface area contributed by atoms with Gasteiger partial charge in [-0.3, -0.25) is 9.10 Å². The zero-order valence-corrected chi connectivity index (χ0v) is 17.7. The van der Waals surface area contributed by atoms with Gasteiger partial charge >= 0.3 is 0 Å². The molecule has 0 radical (unpaired) electrons. The molecule has 0 spiro atoms. The highest BCUT2D eigenvalue weighted by Gasteiger charge is 2.31. The zero-order valence-electron chi connectivity index (χ0n) is 15.4. The molecule has 0 fully saturated rings. The van der Waals surface area contributed by atoms with Gasteiger partial charge < -0.3 is 5.32 Å². The fraction of sp³-hybridized carbons (Fsp3) is 0.588.